The van der Waals surface area contributed by atoms with Crippen LogP contribution in [-0.4, -0.2) is 37.7 Å². The maximum atomic E-state index is 12.7. The van der Waals surface area contributed by atoms with Crippen LogP contribution in [0.2, 0.25) is 0 Å². The first-order valence-electron chi connectivity index (χ1n) is 7.23. The number of ketones is 1. The number of hydrogen-bond acceptors (Lipinski definition) is 6. The van der Waals surface area contributed by atoms with Crippen molar-refractivity contribution < 1.29 is 9.53 Å². The number of aromatic nitrogens is 4. The molecule has 118 valence electrons. The van der Waals surface area contributed by atoms with Crippen LogP contribution in [0.15, 0.2) is 47.9 Å². The van der Waals surface area contributed by atoms with E-state index >= 15 is 0 Å². The molecule has 1 unspecified atom stereocenters. The number of hydrogen-bond donors (Lipinski definition) is 0. The van der Waals surface area contributed by atoms with Gasteiger partial charge in [0.15, 0.2) is 5.78 Å². The molecule has 23 heavy (non-hydrogen) atoms. The molecule has 0 saturated carbocycles. The Morgan fingerprint density at radius 1 is 1.35 bits per heavy atom. The molecule has 0 aliphatic rings. The topological polar surface area (TPSA) is 69.4 Å². The summed E-state index contributed by atoms with van der Waals surface area (Å²) in [4.78, 5) is 21.1. The third kappa shape index (κ3) is 3.34. The molecule has 0 fully saturated rings. The zero-order chi connectivity index (χ0) is 16.2. The van der Waals surface area contributed by atoms with Crippen molar-refractivity contribution in [2.24, 2.45) is 0 Å². The third-order valence-electron chi connectivity index (χ3n) is 3.38. The average Bonchev–Trinajstić information content (AvgIpc) is 3.01. The van der Waals surface area contributed by atoms with Crippen LogP contribution in [0.5, 0.6) is 5.75 Å². The smallest absolute Gasteiger partial charge is 0.253 e. The molecule has 0 aliphatic heterocycles. The summed E-state index contributed by atoms with van der Waals surface area (Å²) in [6, 6.07) is 8.93. The van der Waals surface area contributed by atoms with E-state index in [1.165, 1.54) is 11.8 Å². The molecule has 1 aromatic carbocycles. The molecule has 6 nitrogen and oxygen atoms in total. The summed E-state index contributed by atoms with van der Waals surface area (Å²) in [5, 5.41) is 4.66. The van der Waals surface area contributed by atoms with Gasteiger partial charge in [0.05, 0.1) is 12.4 Å². The Balaban J connectivity index is 1.79. The van der Waals surface area contributed by atoms with E-state index in [4.69, 9.17) is 4.74 Å². The summed E-state index contributed by atoms with van der Waals surface area (Å²) in [5.74, 6) is 1.32. The van der Waals surface area contributed by atoms with E-state index in [1.54, 1.807) is 54.4 Å². The van der Waals surface area contributed by atoms with E-state index in [-0.39, 0.29) is 11.0 Å². The summed E-state index contributed by atoms with van der Waals surface area (Å²) in [6.07, 6.45) is 4.14. The van der Waals surface area contributed by atoms with Gasteiger partial charge in [-0.1, -0.05) is 18.7 Å². The molecule has 0 saturated heterocycles. The molecule has 0 bridgehead atoms. The molecule has 7 heteroatoms. The molecular formula is C16H16N4O2S. The minimum Gasteiger partial charge on any atom is -0.497 e. The average molecular weight is 328 g/mol. The zero-order valence-corrected chi connectivity index (χ0v) is 13.7. The quantitative estimate of drug-likeness (QED) is 0.512. The third-order valence-corrected chi connectivity index (χ3v) is 4.60. The van der Waals surface area contributed by atoms with E-state index < -0.39 is 0 Å². The van der Waals surface area contributed by atoms with Gasteiger partial charge in [-0.05, 0) is 36.8 Å². The van der Waals surface area contributed by atoms with Gasteiger partial charge in [-0.25, -0.2) is 9.50 Å². The Kier molecular flexibility index (Phi) is 4.57. The fourth-order valence-corrected chi connectivity index (χ4v) is 3.09. The van der Waals surface area contributed by atoms with E-state index in [2.05, 4.69) is 15.1 Å². The minimum absolute atomic E-state index is 0.0620. The molecule has 2 aromatic heterocycles. The maximum absolute atomic E-state index is 12.7. The van der Waals surface area contributed by atoms with Gasteiger partial charge in [0.1, 0.15) is 5.75 Å². The number of nitrogens with zero attached hydrogens (tertiary/aromatic N) is 4. The van der Waals surface area contributed by atoms with Crippen molar-refractivity contribution >= 4 is 23.3 Å². The maximum Gasteiger partial charge on any atom is 0.253 e. The van der Waals surface area contributed by atoms with E-state index in [1.807, 2.05) is 6.92 Å². The summed E-state index contributed by atoms with van der Waals surface area (Å²) < 4.78 is 6.72. The SMILES string of the molecule is CCC(Sc1nc2ncccn2n1)C(=O)c1ccc(OC)cc1. The standard InChI is InChI=1S/C16H16N4O2S/c1-3-13(14(21)11-5-7-12(22-2)8-6-11)23-16-18-15-17-9-4-10-20(15)19-16/h4-10,13H,3H2,1-2H3. The normalized spacial score (nSPS) is 12.3. The summed E-state index contributed by atoms with van der Waals surface area (Å²) >= 11 is 1.36. The molecule has 0 amide bonds. The van der Waals surface area contributed by atoms with E-state index in [9.17, 15) is 4.79 Å². The Morgan fingerprint density at radius 2 is 2.13 bits per heavy atom. The Hall–Kier alpha value is -2.41. The second kappa shape index (κ2) is 6.78. The van der Waals surface area contributed by atoms with Crippen molar-refractivity contribution in [2.45, 2.75) is 23.8 Å². The minimum atomic E-state index is -0.235. The number of fused-ring (bicyclic) bond motifs is 1. The fraction of sp³-hybridized carbons (Fsp3) is 0.250. The highest BCUT2D eigenvalue weighted by Gasteiger charge is 2.22. The molecule has 0 spiro atoms. The van der Waals surface area contributed by atoms with Crippen LogP contribution >= 0.6 is 11.8 Å². The van der Waals surface area contributed by atoms with Gasteiger partial charge in [-0.2, -0.15) is 4.98 Å². The Bertz CT molecular complexity index is 783. The van der Waals surface area contributed by atoms with Crippen LogP contribution < -0.4 is 4.74 Å². The summed E-state index contributed by atoms with van der Waals surface area (Å²) in [6.45, 7) is 1.98. The van der Waals surface area contributed by atoms with Gasteiger partial charge < -0.3 is 4.74 Å². The van der Waals surface area contributed by atoms with Gasteiger partial charge in [-0.3, -0.25) is 4.79 Å². The van der Waals surface area contributed by atoms with Crippen LogP contribution in [0.1, 0.15) is 23.7 Å². The van der Waals surface area contributed by atoms with E-state index in [0.29, 0.717) is 22.9 Å². The lowest BCUT2D eigenvalue weighted by atomic mass is 10.1. The van der Waals surface area contributed by atoms with Crippen LogP contribution in [0.4, 0.5) is 0 Å². The van der Waals surface area contributed by atoms with Gasteiger partial charge >= 0.3 is 0 Å². The van der Waals surface area contributed by atoms with Crippen molar-refractivity contribution in [2.75, 3.05) is 7.11 Å². The number of ether oxygens (including phenoxy) is 1. The first-order valence-corrected chi connectivity index (χ1v) is 8.11. The van der Waals surface area contributed by atoms with Gasteiger partial charge in [0.25, 0.3) is 5.78 Å². The van der Waals surface area contributed by atoms with Crippen molar-refractivity contribution in [3.63, 3.8) is 0 Å². The van der Waals surface area contributed by atoms with Gasteiger partial charge in [0, 0.05) is 18.0 Å². The first kappa shape index (κ1) is 15.5. The predicted molar refractivity (Wildman–Crippen MR) is 88.0 cm³/mol. The largest absolute Gasteiger partial charge is 0.497 e. The highest BCUT2D eigenvalue weighted by atomic mass is 32.2. The molecule has 3 aromatic rings. The van der Waals surface area contributed by atoms with E-state index in [0.717, 1.165) is 5.75 Å². The lowest BCUT2D eigenvalue weighted by Gasteiger charge is -2.11. The van der Waals surface area contributed by atoms with Crippen LogP contribution in [0.25, 0.3) is 5.78 Å². The van der Waals surface area contributed by atoms with Gasteiger partial charge in [-0.15, -0.1) is 5.10 Å². The highest BCUT2D eigenvalue weighted by molar-refractivity contribution is 8.00. The molecule has 0 N–H and O–H groups in total. The molecule has 2 heterocycles. The Morgan fingerprint density at radius 3 is 2.78 bits per heavy atom. The highest BCUT2D eigenvalue weighted by Crippen LogP contribution is 2.26. The van der Waals surface area contributed by atoms with Crippen LogP contribution in [0, 0.1) is 0 Å². The molecule has 0 aliphatic carbocycles. The van der Waals surface area contributed by atoms with Gasteiger partial charge in [0.2, 0.25) is 5.16 Å². The lowest BCUT2D eigenvalue weighted by molar-refractivity contribution is 0.0988. The number of methoxy groups -OCH3 is 1. The van der Waals surface area contributed by atoms with Crippen molar-refractivity contribution in [1.29, 1.82) is 0 Å². The van der Waals surface area contributed by atoms with Crippen molar-refractivity contribution in [3.05, 3.63) is 48.3 Å². The van der Waals surface area contributed by atoms with Crippen LogP contribution in [0.3, 0.4) is 0 Å². The fourth-order valence-electron chi connectivity index (χ4n) is 2.15. The number of rotatable bonds is 6. The van der Waals surface area contributed by atoms with Crippen LogP contribution in [-0.2, 0) is 0 Å². The summed E-state index contributed by atoms with van der Waals surface area (Å²) in [7, 11) is 1.60. The zero-order valence-electron chi connectivity index (χ0n) is 12.8. The Labute approximate surface area is 137 Å². The van der Waals surface area contributed by atoms with Crippen molar-refractivity contribution in [1.82, 2.24) is 19.6 Å². The number of benzene rings is 1. The number of Topliss-reactive ketones (excluding diaryl/α,β-unsaturated/α-hetero) is 1. The monoisotopic (exact) mass is 328 g/mol. The molecule has 0 radical (unpaired) electrons. The second-order valence-electron chi connectivity index (χ2n) is 4.87. The number of carbonyl (C=O) groups is 1. The lowest BCUT2D eigenvalue weighted by Crippen LogP contribution is -2.16. The summed E-state index contributed by atoms with van der Waals surface area (Å²) in [5.41, 5.74) is 0.659. The molecule has 1 atom stereocenters. The molecular weight excluding hydrogens is 312 g/mol. The predicted octanol–water partition coefficient (Wildman–Crippen LogP) is 2.89. The number of thioether (sulfide) groups is 1. The second-order valence-corrected chi connectivity index (χ2v) is 6.04. The van der Waals surface area contributed by atoms with Crippen molar-refractivity contribution in [3.8, 4) is 5.75 Å². The first-order chi connectivity index (χ1) is 11.2. The number of carbonyl (C=O) groups excluding carboxylic acids is 1. The molecule has 3 rings (SSSR count).